The van der Waals surface area contributed by atoms with Gasteiger partial charge in [-0.3, -0.25) is 0 Å². The number of hydrogen-bond donors (Lipinski definition) is 1. The summed E-state index contributed by atoms with van der Waals surface area (Å²) in [6.45, 7) is 4.07. The van der Waals surface area contributed by atoms with Gasteiger partial charge in [0.05, 0.1) is 6.10 Å². The minimum absolute atomic E-state index is 0.113. The van der Waals surface area contributed by atoms with Crippen molar-refractivity contribution >= 4 is 11.8 Å². The van der Waals surface area contributed by atoms with Gasteiger partial charge in [0.2, 0.25) is 0 Å². The average molecular weight is 225 g/mol. The molecular weight excluding hydrogens is 206 g/mol. The number of thioether (sulfide) groups is 1. The summed E-state index contributed by atoms with van der Waals surface area (Å²) in [5.74, 6) is 0.980. The second-order valence-electron chi connectivity index (χ2n) is 3.72. The molecule has 0 aliphatic rings. The van der Waals surface area contributed by atoms with E-state index < -0.39 is 0 Å². The predicted molar refractivity (Wildman–Crippen MR) is 66.2 cm³/mol. The number of hydrogen-bond acceptors (Lipinski definition) is 3. The maximum absolute atomic E-state index is 5.78. The van der Waals surface area contributed by atoms with Crippen molar-refractivity contribution in [2.75, 3.05) is 12.9 Å². The highest BCUT2D eigenvalue weighted by atomic mass is 32.2. The Morgan fingerprint density at radius 2 is 1.87 bits per heavy atom. The number of methoxy groups -OCH3 is 1. The molecule has 2 unspecified atom stereocenters. The first-order valence-electron chi connectivity index (χ1n) is 5.14. The minimum atomic E-state index is 0.113. The van der Waals surface area contributed by atoms with Crippen LogP contribution in [0.1, 0.15) is 25.5 Å². The number of rotatable bonds is 5. The fraction of sp³-hybridized carbons (Fsp3) is 0.500. The molecule has 0 amide bonds. The Morgan fingerprint density at radius 1 is 1.27 bits per heavy atom. The van der Waals surface area contributed by atoms with Gasteiger partial charge in [-0.2, -0.15) is 0 Å². The number of nitrogens with two attached hydrogens (primary N) is 1. The van der Waals surface area contributed by atoms with Gasteiger partial charge in [0, 0.05) is 23.8 Å². The molecule has 1 rings (SSSR count). The third-order valence-corrected chi connectivity index (χ3v) is 3.53. The fourth-order valence-corrected chi connectivity index (χ4v) is 2.04. The molecule has 15 heavy (non-hydrogen) atoms. The molecule has 0 aliphatic heterocycles. The van der Waals surface area contributed by atoms with Gasteiger partial charge in [-0.05, 0) is 31.5 Å². The van der Waals surface area contributed by atoms with Crippen LogP contribution in [-0.2, 0) is 4.74 Å². The van der Waals surface area contributed by atoms with E-state index in [1.807, 2.05) is 18.7 Å². The van der Waals surface area contributed by atoms with E-state index in [0.29, 0.717) is 6.10 Å². The summed E-state index contributed by atoms with van der Waals surface area (Å²) in [5.41, 5.74) is 6.96. The second-order valence-corrected chi connectivity index (χ2v) is 4.81. The quantitative estimate of drug-likeness (QED) is 0.783. The second kappa shape index (κ2) is 6.16. The lowest BCUT2D eigenvalue weighted by Crippen LogP contribution is -2.07. The van der Waals surface area contributed by atoms with Crippen molar-refractivity contribution < 1.29 is 4.74 Å². The third kappa shape index (κ3) is 4.24. The monoisotopic (exact) mass is 225 g/mol. The molecule has 3 heteroatoms. The van der Waals surface area contributed by atoms with Crippen molar-refractivity contribution in [1.29, 1.82) is 0 Å². The Labute approximate surface area is 96.2 Å². The predicted octanol–water partition coefficient (Wildman–Crippen LogP) is 2.83. The van der Waals surface area contributed by atoms with E-state index in [9.17, 15) is 0 Å². The van der Waals surface area contributed by atoms with Crippen molar-refractivity contribution in [2.45, 2.75) is 30.9 Å². The Hall–Kier alpha value is -0.510. The summed E-state index contributed by atoms with van der Waals surface area (Å²) < 4.78 is 5.19. The lowest BCUT2D eigenvalue weighted by atomic mass is 10.1. The van der Waals surface area contributed by atoms with Crippen molar-refractivity contribution in [3.63, 3.8) is 0 Å². The van der Waals surface area contributed by atoms with Crippen LogP contribution in [0.5, 0.6) is 0 Å². The number of benzene rings is 1. The maximum Gasteiger partial charge on any atom is 0.0637 e. The van der Waals surface area contributed by atoms with Gasteiger partial charge in [-0.15, -0.1) is 11.8 Å². The molecule has 2 atom stereocenters. The molecule has 0 saturated carbocycles. The van der Waals surface area contributed by atoms with Crippen LogP contribution in [0.25, 0.3) is 0 Å². The zero-order valence-corrected chi connectivity index (χ0v) is 10.4. The SMILES string of the molecule is COC(C)CSc1ccc(C(C)N)cc1. The van der Waals surface area contributed by atoms with Crippen molar-refractivity contribution in [1.82, 2.24) is 0 Å². The molecule has 0 radical (unpaired) electrons. The summed E-state index contributed by atoms with van der Waals surface area (Å²) in [7, 11) is 1.74. The van der Waals surface area contributed by atoms with Gasteiger partial charge in [-0.25, -0.2) is 0 Å². The van der Waals surface area contributed by atoms with Crippen molar-refractivity contribution in [2.24, 2.45) is 5.73 Å². The molecule has 0 bridgehead atoms. The Bertz CT molecular complexity index is 284. The Kier molecular flexibility index (Phi) is 5.15. The molecule has 2 N–H and O–H groups in total. The van der Waals surface area contributed by atoms with Crippen LogP contribution < -0.4 is 5.73 Å². The summed E-state index contributed by atoms with van der Waals surface area (Å²) >= 11 is 1.81. The van der Waals surface area contributed by atoms with E-state index in [1.54, 1.807) is 7.11 Å². The molecule has 84 valence electrons. The van der Waals surface area contributed by atoms with E-state index in [-0.39, 0.29) is 6.04 Å². The standard InChI is InChI=1S/C12H19NOS/c1-9(14-3)8-15-12-6-4-11(5-7-12)10(2)13/h4-7,9-10H,8,13H2,1-3H3. The average Bonchev–Trinajstić information content (AvgIpc) is 2.26. The zero-order chi connectivity index (χ0) is 11.3. The lowest BCUT2D eigenvalue weighted by Gasteiger charge is -2.10. The summed E-state index contributed by atoms with van der Waals surface area (Å²) in [5, 5.41) is 0. The smallest absolute Gasteiger partial charge is 0.0637 e. The van der Waals surface area contributed by atoms with E-state index in [1.165, 1.54) is 10.5 Å². The topological polar surface area (TPSA) is 35.2 Å². The van der Waals surface area contributed by atoms with Crippen LogP contribution in [0.2, 0.25) is 0 Å². The molecule has 0 saturated heterocycles. The van der Waals surface area contributed by atoms with Crippen molar-refractivity contribution in [3.05, 3.63) is 29.8 Å². The molecule has 1 aromatic carbocycles. The first kappa shape index (κ1) is 12.6. The van der Waals surface area contributed by atoms with E-state index >= 15 is 0 Å². The highest BCUT2D eigenvalue weighted by molar-refractivity contribution is 7.99. The van der Waals surface area contributed by atoms with Gasteiger partial charge in [0.1, 0.15) is 0 Å². The Morgan fingerprint density at radius 3 is 2.33 bits per heavy atom. The molecule has 0 heterocycles. The zero-order valence-electron chi connectivity index (χ0n) is 9.57. The van der Waals surface area contributed by atoms with Crippen LogP contribution in [-0.4, -0.2) is 19.0 Å². The highest BCUT2D eigenvalue weighted by Crippen LogP contribution is 2.21. The van der Waals surface area contributed by atoms with Crippen LogP contribution in [0.3, 0.4) is 0 Å². The molecular formula is C12H19NOS. The van der Waals surface area contributed by atoms with Gasteiger partial charge in [-0.1, -0.05) is 12.1 Å². The molecule has 0 fully saturated rings. The third-order valence-electron chi connectivity index (χ3n) is 2.29. The lowest BCUT2D eigenvalue weighted by molar-refractivity contribution is 0.138. The van der Waals surface area contributed by atoms with Gasteiger partial charge < -0.3 is 10.5 Å². The van der Waals surface area contributed by atoms with Gasteiger partial charge in [0.15, 0.2) is 0 Å². The minimum Gasteiger partial charge on any atom is -0.381 e. The van der Waals surface area contributed by atoms with Crippen LogP contribution >= 0.6 is 11.8 Å². The van der Waals surface area contributed by atoms with E-state index in [0.717, 1.165) is 5.75 Å². The van der Waals surface area contributed by atoms with Crippen LogP contribution in [0.4, 0.5) is 0 Å². The van der Waals surface area contributed by atoms with Gasteiger partial charge in [0.25, 0.3) is 0 Å². The molecule has 2 nitrogen and oxygen atoms in total. The van der Waals surface area contributed by atoms with Crippen LogP contribution in [0.15, 0.2) is 29.2 Å². The molecule has 0 spiro atoms. The first-order valence-corrected chi connectivity index (χ1v) is 6.13. The van der Waals surface area contributed by atoms with E-state index in [4.69, 9.17) is 10.5 Å². The molecule has 0 aromatic heterocycles. The summed E-state index contributed by atoms with van der Waals surface area (Å²) in [4.78, 5) is 1.27. The molecule has 1 aromatic rings. The number of ether oxygens (including phenoxy) is 1. The van der Waals surface area contributed by atoms with E-state index in [2.05, 4.69) is 31.2 Å². The van der Waals surface area contributed by atoms with Crippen molar-refractivity contribution in [3.8, 4) is 0 Å². The fourth-order valence-electron chi connectivity index (χ4n) is 1.15. The summed E-state index contributed by atoms with van der Waals surface area (Å²) in [6.07, 6.45) is 0.295. The highest BCUT2D eigenvalue weighted by Gasteiger charge is 2.02. The molecule has 0 aliphatic carbocycles. The first-order chi connectivity index (χ1) is 7.13. The largest absolute Gasteiger partial charge is 0.381 e. The van der Waals surface area contributed by atoms with Gasteiger partial charge >= 0.3 is 0 Å². The van der Waals surface area contributed by atoms with Crippen LogP contribution in [0, 0.1) is 0 Å². The summed E-state index contributed by atoms with van der Waals surface area (Å²) in [6, 6.07) is 8.52. The Balaban J connectivity index is 2.50. The maximum atomic E-state index is 5.78. The normalized spacial score (nSPS) is 14.9.